The second kappa shape index (κ2) is 7.78. The number of aryl methyl sites for hydroxylation is 1. The molecular formula is C16H23N3O2. The van der Waals surface area contributed by atoms with Gasteiger partial charge in [0.05, 0.1) is 12.7 Å². The van der Waals surface area contributed by atoms with Gasteiger partial charge >= 0.3 is 0 Å². The van der Waals surface area contributed by atoms with Crippen LogP contribution in [0.5, 0.6) is 5.75 Å². The lowest BCUT2D eigenvalue weighted by Crippen LogP contribution is -2.09. The van der Waals surface area contributed by atoms with E-state index >= 15 is 0 Å². The monoisotopic (exact) mass is 289 g/mol. The van der Waals surface area contributed by atoms with Gasteiger partial charge in [0.1, 0.15) is 5.75 Å². The van der Waals surface area contributed by atoms with Gasteiger partial charge in [0.2, 0.25) is 11.7 Å². The van der Waals surface area contributed by atoms with Gasteiger partial charge in [-0.05, 0) is 37.4 Å². The van der Waals surface area contributed by atoms with Crippen molar-refractivity contribution in [2.45, 2.75) is 32.6 Å². The number of hydrogen-bond donors (Lipinski definition) is 1. The van der Waals surface area contributed by atoms with E-state index in [4.69, 9.17) is 15.0 Å². The summed E-state index contributed by atoms with van der Waals surface area (Å²) in [4.78, 5) is 4.47. The topological polar surface area (TPSA) is 74.2 Å². The predicted molar refractivity (Wildman–Crippen MR) is 82.1 cm³/mol. The zero-order valence-electron chi connectivity index (χ0n) is 12.7. The molecule has 114 valence electrons. The molecule has 0 amide bonds. The Morgan fingerprint density at radius 3 is 2.81 bits per heavy atom. The molecule has 1 aromatic heterocycles. The molecule has 1 unspecified atom stereocenters. The van der Waals surface area contributed by atoms with Gasteiger partial charge in [-0.1, -0.05) is 30.6 Å². The summed E-state index contributed by atoms with van der Waals surface area (Å²) in [6.07, 6.45) is 4.00. The fraction of sp³-hybridized carbons (Fsp3) is 0.500. The normalized spacial score (nSPS) is 12.3. The van der Waals surface area contributed by atoms with E-state index in [0.29, 0.717) is 17.6 Å². The molecule has 0 aliphatic heterocycles. The van der Waals surface area contributed by atoms with Crippen molar-refractivity contribution < 1.29 is 9.26 Å². The van der Waals surface area contributed by atoms with Crippen LogP contribution in [0.2, 0.25) is 0 Å². The standard InChI is InChI=1S/C16H23N3O2/c1-3-12(10-11-17)8-9-15-18-16(19-21-15)13-6-4-5-7-14(13)20-2/h4-7,12H,3,8-11,17H2,1-2H3. The number of nitrogens with zero attached hydrogens (tertiary/aromatic N) is 2. The SMILES string of the molecule is CCC(CCN)CCc1nc(-c2ccccc2OC)no1. The third-order valence-corrected chi connectivity index (χ3v) is 3.73. The molecule has 0 radical (unpaired) electrons. The average molecular weight is 289 g/mol. The summed E-state index contributed by atoms with van der Waals surface area (Å²) in [5.74, 6) is 2.62. The molecule has 0 saturated carbocycles. The smallest absolute Gasteiger partial charge is 0.226 e. The molecule has 1 heterocycles. The minimum atomic E-state index is 0.578. The van der Waals surface area contributed by atoms with Crippen molar-refractivity contribution in [3.8, 4) is 17.1 Å². The van der Waals surface area contributed by atoms with Crippen molar-refractivity contribution in [2.24, 2.45) is 11.7 Å². The van der Waals surface area contributed by atoms with Crippen LogP contribution >= 0.6 is 0 Å². The number of methoxy groups -OCH3 is 1. The number of para-hydroxylation sites is 1. The van der Waals surface area contributed by atoms with Crippen LogP contribution in [0.25, 0.3) is 11.4 Å². The van der Waals surface area contributed by atoms with Gasteiger partial charge in [-0.3, -0.25) is 0 Å². The summed E-state index contributed by atoms with van der Waals surface area (Å²) in [6, 6.07) is 7.67. The summed E-state index contributed by atoms with van der Waals surface area (Å²) >= 11 is 0. The lowest BCUT2D eigenvalue weighted by Gasteiger charge is -2.11. The third-order valence-electron chi connectivity index (χ3n) is 3.73. The van der Waals surface area contributed by atoms with Crippen LogP contribution in [0.1, 0.15) is 32.1 Å². The highest BCUT2D eigenvalue weighted by Gasteiger charge is 2.14. The Morgan fingerprint density at radius 1 is 1.29 bits per heavy atom. The maximum absolute atomic E-state index is 5.62. The highest BCUT2D eigenvalue weighted by atomic mass is 16.5. The Kier molecular flexibility index (Phi) is 5.75. The molecule has 2 aromatic rings. The molecule has 0 aliphatic carbocycles. The first-order chi connectivity index (χ1) is 10.3. The number of rotatable bonds is 8. The Balaban J connectivity index is 2.04. The van der Waals surface area contributed by atoms with Crippen LogP contribution in [0, 0.1) is 5.92 Å². The molecule has 5 heteroatoms. The van der Waals surface area contributed by atoms with E-state index < -0.39 is 0 Å². The average Bonchev–Trinajstić information content (AvgIpc) is 3.00. The Labute approximate surface area is 125 Å². The molecule has 0 fully saturated rings. The number of nitrogens with two attached hydrogens (primary N) is 1. The molecule has 1 aromatic carbocycles. The van der Waals surface area contributed by atoms with Gasteiger partial charge < -0.3 is 15.0 Å². The van der Waals surface area contributed by atoms with Gasteiger partial charge in [-0.2, -0.15) is 4.98 Å². The third kappa shape index (κ3) is 4.04. The summed E-state index contributed by atoms with van der Waals surface area (Å²) in [6.45, 7) is 2.92. The molecule has 5 nitrogen and oxygen atoms in total. The molecule has 0 bridgehead atoms. The van der Waals surface area contributed by atoms with Crippen LogP contribution in [0.15, 0.2) is 28.8 Å². The van der Waals surface area contributed by atoms with Crippen molar-refractivity contribution in [2.75, 3.05) is 13.7 Å². The molecule has 2 rings (SSSR count). The van der Waals surface area contributed by atoms with Gasteiger partial charge in [0, 0.05) is 6.42 Å². The van der Waals surface area contributed by atoms with Gasteiger partial charge in [-0.15, -0.1) is 0 Å². The maximum Gasteiger partial charge on any atom is 0.226 e. The van der Waals surface area contributed by atoms with Crippen LogP contribution in [-0.4, -0.2) is 23.8 Å². The van der Waals surface area contributed by atoms with Crippen LogP contribution in [0.4, 0.5) is 0 Å². The molecule has 0 aliphatic rings. The number of aromatic nitrogens is 2. The quantitative estimate of drug-likeness (QED) is 0.808. The number of hydrogen-bond acceptors (Lipinski definition) is 5. The summed E-state index contributed by atoms with van der Waals surface area (Å²) in [7, 11) is 1.64. The number of ether oxygens (including phenoxy) is 1. The van der Waals surface area contributed by atoms with Crippen LogP contribution in [-0.2, 0) is 6.42 Å². The van der Waals surface area contributed by atoms with E-state index in [0.717, 1.165) is 43.5 Å². The van der Waals surface area contributed by atoms with E-state index in [1.807, 2.05) is 24.3 Å². The van der Waals surface area contributed by atoms with Crippen molar-refractivity contribution in [1.29, 1.82) is 0 Å². The summed E-state index contributed by atoms with van der Waals surface area (Å²) in [5.41, 5.74) is 6.47. The Hall–Kier alpha value is -1.88. The van der Waals surface area contributed by atoms with E-state index in [9.17, 15) is 0 Å². The first-order valence-electron chi connectivity index (χ1n) is 7.44. The van der Waals surface area contributed by atoms with Gasteiger partial charge in [0.15, 0.2) is 0 Å². The fourth-order valence-corrected chi connectivity index (χ4v) is 2.41. The highest BCUT2D eigenvalue weighted by molar-refractivity contribution is 5.63. The molecule has 2 N–H and O–H groups in total. The Morgan fingerprint density at radius 2 is 2.10 bits per heavy atom. The fourth-order valence-electron chi connectivity index (χ4n) is 2.41. The molecule has 0 saturated heterocycles. The van der Waals surface area contributed by atoms with Crippen LogP contribution < -0.4 is 10.5 Å². The lowest BCUT2D eigenvalue weighted by molar-refractivity contribution is 0.354. The van der Waals surface area contributed by atoms with Crippen LogP contribution in [0.3, 0.4) is 0 Å². The van der Waals surface area contributed by atoms with Gasteiger partial charge in [0.25, 0.3) is 0 Å². The minimum Gasteiger partial charge on any atom is -0.496 e. The molecule has 21 heavy (non-hydrogen) atoms. The predicted octanol–water partition coefficient (Wildman–Crippen LogP) is 3.05. The Bertz CT molecular complexity index is 554. The van der Waals surface area contributed by atoms with Gasteiger partial charge in [-0.25, -0.2) is 0 Å². The second-order valence-electron chi connectivity index (χ2n) is 5.10. The summed E-state index contributed by atoms with van der Waals surface area (Å²) in [5, 5.41) is 4.05. The largest absolute Gasteiger partial charge is 0.496 e. The zero-order chi connectivity index (χ0) is 15.1. The maximum atomic E-state index is 5.62. The molecule has 1 atom stereocenters. The summed E-state index contributed by atoms with van der Waals surface area (Å²) < 4.78 is 10.7. The van der Waals surface area contributed by atoms with E-state index in [2.05, 4.69) is 17.1 Å². The molecule has 0 spiro atoms. The van der Waals surface area contributed by atoms with Crippen molar-refractivity contribution in [1.82, 2.24) is 10.1 Å². The molecular weight excluding hydrogens is 266 g/mol. The highest BCUT2D eigenvalue weighted by Crippen LogP contribution is 2.27. The van der Waals surface area contributed by atoms with E-state index in [1.165, 1.54) is 0 Å². The first-order valence-corrected chi connectivity index (χ1v) is 7.44. The zero-order valence-corrected chi connectivity index (χ0v) is 12.7. The lowest BCUT2D eigenvalue weighted by atomic mass is 9.97. The van der Waals surface area contributed by atoms with Crippen molar-refractivity contribution in [3.05, 3.63) is 30.2 Å². The second-order valence-corrected chi connectivity index (χ2v) is 5.10. The minimum absolute atomic E-state index is 0.578. The number of benzene rings is 1. The van der Waals surface area contributed by atoms with E-state index in [1.54, 1.807) is 7.11 Å². The van der Waals surface area contributed by atoms with E-state index in [-0.39, 0.29) is 0 Å². The van der Waals surface area contributed by atoms with Crippen molar-refractivity contribution >= 4 is 0 Å². The first kappa shape index (κ1) is 15.5. The van der Waals surface area contributed by atoms with Crippen molar-refractivity contribution in [3.63, 3.8) is 0 Å².